The molecule has 2 heterocycles. The van der Waals surface area contributed by atoms with Gasteiger partial charge in [-0.1, -0.05) is 12.1 Å². The van der Waals surface area contributed by atoms with Crippen LogP contribution in [0, 0.1) is 5.92 Å². The molecule has 2 aromatic rings. The van der Waals surface area contributed by atoms with Gasteiger partial charge in [-0.25, -0.2) is 4.98 Å². The molecule has 1 saturated heterocycles. The van der Waals surface area contributed by atoms with Crippen molar-refractivity contribution in [3.8, 4) is 0 Å². The van der Waals surface area contributed by atoms with Crippen LogP contribution in [0.1, 0.15) is 35.8 Å². The predicted molar refractivity (Wildman–Crippen MR) is 93.0 cm³/mol. The van der Waals surface area contributed by atoms with Gasteiger partial charge in [-0.3, -0.25) is 0 Å². The van der Waals surface area contributed by atoms with Crippen LogP contribution in [0.4, 0.5) is 26.3 Å². The smallest absolute Gasteiger partial charge is 0.396 e. The van der Waals surface area contributed by atoms with Crippen molar-refractivity contribution in [1.29, 1.82) is 0 Å². The third-order valence-electron chi connectivity index (χ3n) is 5.22. The number of halogens is 6. The minimum absolute atomic E-state index is 0.0230. The second-order valence-corrected chi connectivity index (χ2v) is 7.24. The van der Waals surface area contributed by atoms with Crippen molar-refractivity contribution >= 4 is 10.9 Å². The topological polar surface area (TPSA) is 56.6 Å². The Morgan fingerprint density at radius 3 is 2.28 bits per heavy atom. The van der Waals surface area contributed by atoms with Crippen LogP contribution in [0.3, 0.4) is 0 Å². The summed E-state index contributed by atoms with van der Waals surface area (Å²) in [4.78, 5) is 5.05. The van der Waals surface area contributed by atoms with Gasteiger partial charge in [0.2, 0.25) is 0 Å². The monoisotopic (exact) mass is 422 g/mol. The number of benzene rings is 1. The summed E-state index contributed by atoms with van der Waals surface area (Å²) in [5.74, 6) is 0.135. The largest absolute Gasteiger partial charge is 0.433 e. The van der Waals surface area contributed by atoms with E-state index >= 15 is 0 Å². The van der Waals surface area contributed by atoms with Crippen molar-refractivity contribution in [1.82, 2.24) is 9.88 Å². The van der Waals surface area contributed by atoms with Crippen LogP contribution in [0.25, 0.3) is 10.9 Å². The van der Waals surface area contributed by atoms with Crippen LogP contribution in [0.2, 0.25) is 0 Å². The first kappa shape index (κ1) is 21.8. The Balaban J connectivity index is 2.02. The summed E-state index contributed by atoms with van der Waals surface area (Å²) in [5.41, 5.74) is -3.83. The van der Waals surface area contributed by atoms with Gasteiger partial charge in [0.15, 0.2) is 0 Å². The molecule has 1 unspecified atom stereocenters. The molecule has 0 saturated carbocycles. The highest BCUT2D eigenvalue weighted by molar-refractivity contribution is 5.86. The SMILES string of the molecule is OCC1CCN(CC(O)c2cc(C(F)(F)F)nc3c(C(F)(F)F)cccc23)CC1. The van der Waals surface area contributed by atoms with E-state index in [9.17, 15) is 36.6 Å². The highest BCUT2D eigenvalue weighted by atomic mass is 19.4. The fraction of sp³-hybridized carbons (Fsp3) is 0.526. The molecule has 29 heavy (non-hydrogen) atoms. The fourth-order valence-electron chi connectivity index (χ4n) is 3.62. The lowest BCUT2D eigenvalue weighted by Crippen LogP contribution is -2.37. The van der Waals surface area contributed by atoms with Gasteiger partial charge in [0.25, 0.3) is 0 Å². The van der Waals surface area contributed by atoms with Gasteiger partial charge in [0.05, 0.1) is 17.2 Å². The van der Waals surface area contributed by atoms with Crippen molar-refractivity contribution in [3.63, 3.8) is 0 Å². The highest BCUT2D eigenvalue weighted by Crippen LogP contribution is 2.39. The number of hydrogen-bond acceptors (Lipinski definition) is 4. The molecule has 0 aliphatic carbocycles. The minimum Gasteiger partial charge on any atom is -0.396 e. The first-order valence-corrected chi connectivity index (χ1v) is 9.10. The quantitative estimate of drug-likeness (QED) is 0.732. The number of β-amino-alcohol motifs (C(OH)–C–C–N with tert-alkyl or cyclic N) is 1. The zero-order chi connectivity index (χ0) is 21.4. The summed E-state index contributed by atoms with van der Waals surface area (Å²) in [5, 5.41) is 19.6. The van der Waals surface area contributed by atoms with Crippen molar-refractivity contribution in [3.05, 3.63) is 41.1 Å². The molecule has 0 radical (unpaired) electrons. The average Bonchev–Trinajstić information content (AvgIpc) is 2.65. The number of alkyl halides is 6. The van der Waals surface area contributed by atoms with Crippen molar-refractivity contribution < 1.29 is 36.6 Å². The molecule has 10 heteroatoms. The number of nitrogens with zero attached hydrogens (tertiary/aromatic N) is 2. The number of para-hydroxylation sites is 1. The molecule has 0 amide bonds. The molecular weight excluding hydrogens is 402 g/mol. The number of hydrogen-bond donors (Lipinski definition) is 2. The molecule has 1 fully saturated rings. The summed E-state index contributed by atoms with van der Waals surface area (Å²) in [6, 6.07) is 3.61. The zero-order valence-corrected chi connectivity index (χ0v) is 15.3. The Bertz CT molecular complexity index is 860. The van der Waals surface area contributed by atoms with Crippen molar-refractivity contribution in [2.45, 2.75) is 31.3 Å². The lowest BCUT2D eigenvalue weighted by Gasteiger charge is -2.32. The number of aliphatic hydroxyl groups is 2. The summed E-state index contributed by atoms with van der Waals surface area (Å²) >= 11 is 0. The van der Waals surface area contributed by atoms with E-state index in [1.165, 1.54) is 6.07 Å². The van der Waals surface area contributed by atoms with Crippen molar-refractivity contribution in [2.24, 2.45) is 5.92 Å². The van der Waals surface area contributed by atoms with Gasteiger partial charge in [0.1, 0.15) is 5.69 Å². The first-order chi connectivity index (χ1) is 13.5. The van der Waals surface area contributed by atoms with E-state index in [-0.39, 0.29) is 30.0 Å². The van der Waals surface area contributed by atoms with Crippen LogP contribution >= 0.6 is 0 Å². The van der Waals surface area contributed by atoms with Gasteiger partial charge in [-0.2, -0.15) is 26.3 Å². The van der Waals surface area contributed by atoms with E-state index in [2.05, 4.69) is 4.98 Å². The molecule has 0 spiro atoms. The maximum absolute atomic E-state index is 13.3. The standard InChI is InChI=1S/C19H20F6N2O2/c20-18(21,22)14-3-1-2-12-13(8-16(19(23,24)25)26-17(12)14)15(29)9-27-6-4-11(10-28)5-7-27/h1-3,8,11,15,28-29H,4-7,9-10H2. The molecule has 1 aromatic heterocycles. The Morgan fingerprint density at radius 1 is 1.07 bits per heavy atom. The summed E-state index contributed by atoms with van der Waals surface area (Å²) in [6.45, 7) is 1.09. The van der Waals surface area contributed by atoms with Crippen LogP contribution in [0.15, 0.2) is 24.3 Å². The van der Waals surface area contributed by atoms with Crippen LogP contribution in [0.5, 0.6) is 0 Å². The van der Waals surface area contributed by atoms with Crippen molar-refractivity contribution in [2.75, 3.05) is 26.2 Å². The second-order valence-electron chi connectivity index (χ2n) is 7.24. The van der Waals surface area contributed by atoms with E-state index < -0.39 is 35.2 Å². The molecule has 0 bridgehead atoms. The Hall–Kier alpha value is -1.91. The number of rotatable bonds is 4. The van der Waals surface area contributed by atoms with Gasteiger partial charge in [0, 0.05) is 18.5 Å². The summed E-state index contributed by atoms with van der Waals surface area (Å²) in [7, 11) is 0. The third-order valence-corrected chi connectivity index (χ3v) is 5.22. The molecular formula is C19H20F6N2O2. The fourth-order valence-corrected chi connectivity index (χ4v) is 3.62. The maximum Gasteiger partial charge on any atom is 0.433 e. The number of likely N-dealkylation sites (tertiary alicyclic amines) is 1. The van der Waals surface area contributed by atoms with Gasteiger partial charge < -0.3 is 15.1 Å². The summed E-state index contributed by atoms with van der Waals surface area (Å²) in [6.07, 6.45) is -9.92. The summed E-state index contributed by atoms with van der Waals surface area (Å²) < 4.78 is 79.7. The number of fused-ring (bicyclic) bond motifs is 1. The highest BCUT2D eigenvalue weighted by Gasteiger charge is 2.38. The molecule has 2 N–H and O–H groups in total. The van der Waals surface area contributed by atoms with E-state index in [4.69, 9.17) is 0 Å². The number of aromatic nitrogens is 1. The first-order valence-electron chi connectivity index (χ1n) is 9.10. The molecule has 1 aromatic carbocycles. The third kappa shape index (κ3) is 4.81. The van der Waals surface area contributed by atoms with E-state index in [1.54, 1.807) is 0 Å². The lowest BCUT2D eigenvalue weighted by molar-refractivity contribution is -0.142. The number of pyridine rings is 1. The minimum atomic E-state index is -4.96. The van der Waals surface area contributed by atoms with Gasteiger partial charge >= 0.3 is 12.4 Å². The van der Waals surface area contributed by atoms with Crippen LogP contribution in [-0.2, 0) is 12.4 Å². The van der Waals surface area contributed by atoms with Gasteiger partial charge in [-0.15, -0.1) is 0 Å². The predicted octanol–water partition coefficient (Wildman–Crippen LogP) is 4.01. The number of aliphatic hydroxyl groups excluding tert-OH is 2. The van der Waals surface area contributed by atoms with E-state index in [1.807, 2.05) is 4.90 Å². The van der Waals surface area contributed by atoms with E-state index in [0.29, 0.717) is 38.1 Å². The van der Waals surface area contributed by atoms with Crippen LogP contribution < -0.4 is 0 Å². The number of piperidine rings is 1. The zero-order valence-electron chi connectivity index (χ0n) is 15.3. The van der Waals surface area contributed by atoms with Crippen LogP contribution in [-0.4, -0.2) is 46.3 Å². The molecule has 160 valence electrons. The molecule has 1 aliphatic rings. The molecule has 4 nitrogen and oxygen atoms in total. The normalized spacial score (nSPS) is 18.3. The maximum atomic E-state index is 13.3. The lowest BCUT2D eigenvalue weighted by atomic mass is 9.96. The molecule has 1 atom stereocenters. The van der Waals surface area contributed by atoms with E-state index in [0.717, 1.165) is 6.07 Å². The molecule has 1 aliphatic heterocycles. The average molecular weight is 422 g/mol. The second kappa shape index (κ2) is 8.08. The van der Waals surface area contributed by atoms with Gasteiger partial charge in [-0.05, 0) is 49.5 Å². The molecule has 3 rings (SSSR count). The Kier molecular flexibility index (Phi) is 6.07. The Labute approximate surface area is 162 Å². The Morgan fingerprint density at radius 2 is 1.72 bits per heavy atom.